The third-order valence-electron chi connectivity index (χ3n) is 6.65. The van der Waals surface area contributed by atoms with Gasteiger partial charge in [-0.2, -0.15) is 0 Å². The van der Waals surface area contributed by atoms with Gasteiger partial charge in [-0.05, 0) is 45.0 Å². The number of hydrogen-bond acceptors (Lipinski definition) is 5. The topological polar surface area (TPSA) is 56.6 Å². The summed E-state index contributed by atoms with van der Waals surface area (Å²) in [6, 6.07) is 17.8. The number of pyridine rings is 1. The first-order valence-corrected chi connectivity index (χ1v) is 11.7. The fraction of sp³-hybridized carbons (Fsp3) is 0.286. The van der Waals surface area contributed by atoms with Crippen molar-refractivity contribution in [1.29, 1.82) is 0 Å². The van der Waals surface area contributed by atoms with Crippen molar-refractivity contribution < 1.29 is 14.3 Å². The van der Waals surface area contributed by atoms with E-state index in [1.165, 1.54) is 0 Å². The highest BCUT2D eigenvalue weighted by molar-refractivity contribution is 5.98. The van der Waals surface area contributed by atoms with E-state index in [4.69, 9.17) is 14.5 Å². The molecule has 1 aliphatic rings. The molecule has 0 fully saturated rings. The van der Waals surface area contributed by atoms with Gasteiger partial charge in [0, 0.05) is 49.0 Å². The number of aryl methyl sites for hydroxylation is 1. The second kappa shape index (κ2) is 8.20. The van der Waals surface area contributed by atoms with Crippen LogP contribution in [0, 0.1) is 6.92 Å². The summed E-state index contributed by atoms with van der Waals surface area (Å²) in [5, 5.41) is 1.03. The third kappa shape index (κ3) is 2.94. The maximum absolute atomic E-state index is 13.3. The van der Waals surface area contributed by atoms with Gasteiger partial charge in [-0.1, -0.05) is 30.3 Å². The number of ether oxygens (including phenoxy) is 2. The molecule has 0 N–H and O–H groups in total. The smallest absolute Gasteiger partial charge is 0.341 e. The van der Waals surface area contributed by atoms with Crippen LogP contribution in [0.25, 0.3) is 10.9 Å². The van der Waals surface area contributed by atoms with Gasteiger partial charge >= 0.3 is 5.97 Å². The van der Waals surface area contributed by atoms with Gasteiger partial charge in [-0.25, -0.2) is 4.79 Å². The van der Waals surface area contributed by atoms with E-state index in [1.807, 2.05) is 56.3 Å². The number of hydrogen-bond donors (Lipinski definition) is 0. The van der Waals surface area contributed by atoms with E-state index >= 15 is 0 Å². The molecule has 0 bridgehead atoms. The highest BCUT2D eigenvalue weighted by atomic mass is 16.6. The molecule has 0 saturated heterocycles. The molecule has 0 spiro atoms. The first kappa shape index (κ1) is 22.0. The lowest BCUT2D eigenvalue weighted by molar-refractivity contribution is 0.0238. The molecule has 1 atom stereocenters. The quantitative estimate of drug-likeness (QED) is 0.370. The summed E-state index contributed by atoms with van der Waals surface area (Å²) in [6.45, 7) is 7.45. The van der Waals surface area contributed by atoms with Crippen molar-refractivity contribution in [2.45, 2.75) is 32.9 Å². The molecule has 174 valence electrons. The number of cyclic esters (lactones) is 1. The average molecular weight is 456 g/mol. The SMILES string of the molecule is CCOc1c(N(C)C)cccc1C1(c2c(C)n(CC)c3ccccc23)OC(=O)c2cccnc21. The molecule has 2 aromatic carbocycles. The molecule has 2 aromatic heterocycles. The Labute approximate surface area is 199 Å². The lowest BCUT2D eigenvalue weighted by atomic mass is 9.80. The van der Waals surface area contributed by atoms with Gasteiger partial charge < -0.3 is 18.9 Å². The number of para-hydroxylation sites is 2. The molecular formula is C28H29N3O3. The number of fused-ring (bicyclic) bond motifs is 2. The van der Waals surface area contributed by atoms with Crippen LogP contribution in [-0.4, -0.2) is 36.2 Å². The Hall–Kier alpha value is -3.80. The highest BCUT2D eigenvalue weighted by Crippen LogP contribution is 2.53. The molecule has 6 heteroatoms. The van der Waals surface area contributed by atoms with Gasteiger partial charge in [0.2, 0.25) is 5.60 Å². The summed E-state index contributed by atoms with van der Waals surface area (Å²) in [6.07, 6.45) is 1.72. The van der Waals surface area contributed by atoms with E-state index in [0.717, 1.165) is 40.0 Å². The molecule has 0 radical (unpaired) electrons. The number of carbonyl (C=O) groups is 1. The van der Waals surface area contributed by atoms with E-state index < -0.39 is 5.60 Å². The molecule has 1 aliphatic heterocycles. The third-order valence-corrected chi connectivity index (χ3v) is 6.65. The first-order valence-electron chi connectivity index (χ1n) is 11.7. The first-order chi connectivity index (χ1) is 16.5. The minimum Gasteiger partial charge on any atom is -0.491 e. The number of nitrogens with zero attached hydrogens (tertiary/aromatic N) is 3. The number of rotatable bonds is 6. The Morgan fingerprint density at radius 1 is 1.06 bits per heavy atom. The fourth-order valence-corrected chi connectivity index (χ4v) is 5.31. The monoisotopic (exact) mass is 455 g/mol. The summed E-state index contributed by atoms with van der Waals surface area (Å²) in [7, 11) is 3.96. The van der Waals surface area contributed by atoms with Crippen LogP contribution >= 0.6 is 0 Å². The average Bonchev–Trinajstić information content (AvgIpc) is 3.30. The maximum Gasteiger partial charge on any atom is 0.341 e. The Morgan fingerprint density at radius 3 is 2.59 bits per heavy atom. The van der Waals surface area contributed by atoms with Crippen molar-refractivity contribution in [2.75, 3.05) is 25.6 Å². The number of anilines is 1. The normalized spacial score (nSPS) is 17.0. The Kier molecular flexibility index (Phi) is 5.31. The number of esters is 1. The predicted molar refractivity (Wildman–Crippen MR) is 134 cm³/mol. The number of carbonyl (C=O) groups excluding carboxylic acids is 1. The summed E-state index contributed by atoms with van der Waals surface area (Å²) in [5.41, 5.74) is 4.57. The van der Waals surface area contributed by atoms with Crippen molar-refractivity contribution in [3.63, 3.8) is 0 Å². The van der Waals surface area contributed by atoms with E-state index in [-0.39, 0.29) is 5.97 Å². The summed E-state index contributed by atoms with van der Waals surface area (Å²) in [4.78, 5) is 20.1. The summed E-state index contributed by atoms with van der Waals surface area (Å²) < 4.78 is 15.0. The van der Waals surface area contributed by atoms with Gasteiger partial charge in [0.05, 0.1) is 23.4 Å². The van der Waals surface area contributed by atoms with Crippen LogP contribution in [0.4, 0.5) is 5.69 Å². The second-order valence-electron chi connectivity index (χ2n) is 8.67. The van der Waals surface area contributed by atoms with Crippen LogP contribution in [-0.2, 0) is 16.9 Å². The van der Waals surface area contributed by atoms with Crippen molar-refractivity contribution in [2.24, 2.45) is 0 Å². The molecule has 0 saturated carbocycles. The minimum absolute atomic E-state index is 0.381. The minimum atomic E-state index is -1.24. The molecule has 0 aliphatic carbocycles. The molecule has 4 aromatic rings. The number of aromatic nitrogens is 2. The zero-order valence-electron chi connectivity index (χ0n) is 20.3. The fourth-order valence-electron chi connectivity index (χ4n) is 5.31. The van der Waals surface area contributed by atoms with Crippen LogP contribution in [0.15, 0.2) is 60.8 Å². The predicted octanol–water partition coefficient (Wildman–Crippen LogP) is 5.29. The van der Waals surface area contributed by atoms with Crippen LogP contribution in [0.3, 0.4) is 0 Å². The second-order valence-corrected chi connectivity index (χ2v) is 8.67. The van der Waals surface area contributed by atoms with Gasteiger partial charge in [-0.15, -0.1) is 0 Å². The van der Waals surface area contributed by atoms with E-state index in [1.54, 1.807) is 18.3 Å². The van der Waals surface area contributed by atoms with Gasteiger partial charge in [0.25, 0.3) is 0 Å². The Bertz CT molecular complexity index is 1410. The van der Waals surface area contributed by atoms with Crippen molar-refractivity contribution in [1.82, 2.24) is 9.55 Å². The van der Waals surface area contributed by atoms with E-state index in [0.29, 0.717) is 23.6 Å². The Morgan fingerprint density at radius 2 is 1.85 bits per heavy atom. The largest absolute Gasteiger partial charge is 0.491 e. The lowest BCUT2D eigenvalue weighted by Crippen LogP contribution is -2.32. The zero-order chi connectivity index (χ0) is 24.0. The van der Waals surface area contributed by atoms with Crippen LogP contribution in [0.2, 0.25) is 0 Å². The van der Waals surface area contributed by atoms with Crippen molar-refractivity contribution in [3.8, 4) is 5.75 Å². The molecule has 3 heterocycles. The van der Waals surface area contributed by atoms with Crippen LogP contribution in [0.1, 0.15) is 46.7 Å². The summed E-state index contributed by atoms with van der Waals surface area (Å²) >= 11 is 0. The Balaban J connectivity index is 1.98. The van der Waals surface area contributed by atoms with Gasteiger partial charge in [0.1, 0.15) is 5.69 Å². The highest BCUT2D eigenvalue weighted by Gasteiger charge is 2.54. The summed E-state index contributed by atoms with van der Waals surface area (Å²) in [5.74, 6) is 0.308. The van der Waals surface area contributed by atoms with Gasteiger partial charge in [-0.3, -0.25) is 4.98 Å². The maximum atomic E-state index is 13.3. The van der Waals surface area contributed by atoms with E-state index in [9.17, 15) is 4.79 Å². The van der Waals surface area contributed by atoms with E-state index in [2.05, 4.69) is 30.5 Å². The molecule has 34 heavy (non-hydrogen) atoms. The van der Waals surface area contributed by atoms with Crippen molar-refractivity contribution in [3.05, 3.63) is 88.9 Å². The molecule has 5 rings (SSSR count). The molecule has 1 unspecified atom stereocenters. The zero-order valence-corrected chi connectivity index (χ0v) is 20.3. The lowest BCUT2D eigenvalue weighted by Gasteiger charge is -2.32. The standard InChI is InChI=1S/C28H29N3O3/c1-6-31-18(3)24(19-12-8-9-15-22(19)31)28(26-20(27(32)34-28)13-11-17-29-26)21-14-10-16-23(30(4)5)25(21)33-7-2/h8-17H,6-7H2,1-5H3. The molecular weight excluding hydrogens is 426 g/mol. The number of benzene rings is 2. The van der Waals surface area contributed by atoms with Gasteiger partial charge in [0.15, 0.2) is 5.75 Å². The molecule has 6 nitrogen and oxygen atoms in total. The molecule has 0 amide bonds. The van der Waals surface area contributed by atoms with Crippen molar-refractivity contribution >= 4 is 22.6 Å². The van der Waals surface area contributed by atoms with Crippen LogP contribution < -0.4 is 9.64 Å². The van der Waals surface area contributed by atoms with Crippen LogP contribution in [0.5, 0.6) is 5.75 Å².